The van der Waals surface area contributed by atoms with Gasteiger partial charge in [-0.1, -0.05) is 0 Å². The first-order chi connectivity index (χ1) is 6.73. The molecule has 5 nitrogen and oxygen atoms in total. The van der Waals surface area contributed by atoms with E-state index in [4.69, 9.17) is 5.14 Å². The maximum atomic E-state index is 12.3. The lowest BCUT2D eigenvalue weighted by molar-refractivity contribution is 0.148. The molecule has 0 atom stereocenters. The average Bonchev–Trinajstić information content (AvgIpc) is 1.99. The monoisotopic (exact) mass is 350 g/mol. The number of aromatic amines is 1. The second-order valence-corrected chi connectivity index (χ2v) is 5.26. The van der Waals surface area contributed by atoms with Gasteiger partial charge in [0.25, 0.3) is 22.0 Å². The topological polar surface area (TPSA) is 93.0 Å². The summed E-state index contributed by atoms with van der Waals surface area (Å²) in [5.41, 5.74) is -1.91. The lowest BCUT2D eigenvalue weighted by Crippen LogP contribution is -2.22. The Morgan fingerprint density at radius 3 is 2.33 bits per heavy atom. The minimum Gasteiger partial charge on any atom is -0.311 e. The number of alkyl halides is 2. The summed E-state index contributed by atoms with van der Waals surface area (Å²) in [6, 6.07) is 0.888. The predicted octanol–water partition coefficient (Wildman–Crippen LogP) is 0.565. The van der Waals surface area contributed by atoms with Crippen LogP contribution in [-0.4, -0.2) is 13.4 Å². The van der Waals surface area contributed by atoms with Gasteiger partial charge in [-0.3, -0.25) is 4.79 Å². The van der Waals surface area contributed by atoms with E-state index in [0.717, 1.165) is 6.07 Å². The molecule has 0 unspecified atom stereocenters. The van der Waals surface area contributed by atoms with Gasteiger partial charge in [0.1, 0.15) is 0 Å². The zero-order valence-corrected chi connectivity index (χ0v) is 9.97. The summed E-state index contributed by atoms with van der Waals surface area (Å²) in [6.45, 7) is 0. The van der Waals surface area contributed by atoms with E-state index >= 15 is 0 Å². The van der Waals surface area contributed by atoms with Crippen LogP contribution in [0.2, 0.25) is 0 Å². The summed E-state index contributed by atoms with van der Waals surface area (Å²) >= 11 is 1.45. The van der Waals surface area contributed by atoms with Crippen LogP contribution in [0.3, 0.4) is 0 Å². The summed E-state index contributed by atoms with van der Waals surface area (Å²) < 4.78 is 46.2. The minimum absolute atomic E-state index is 0.143. The number of hydrogen-bond donors (Lipinski definition) is 2. The minimum atomic E-state index is -4.10. The maximum absolute atomic E-state index is 12.3. The molecule has 84 valence electrons. The fourth-order valence-corrected chi connectivity index (χ4v) is 2.39. The zero-order valence-electron chi connectivity index (χ0n) is 7.00. The first-order valence-corrected chi connectivity index (χ1v) is 6.09. The Labute approximate surface area is 96.9 Å². The van der Waals surface area contributed by atoms with Crippen LogP contribution in [0.15, 0.2) is 15.9 Å². The van der Waals surface area contributed by atoms with E-state index in [2.05, 4.69) is 0 Å². The highest BCUT2D eigenvalue weighted by Crippen LogP contribution is 2.21. The molecule has 0 aliphatic rings. The average molecular weight is 350 g/mol. The third-order valence-electron chi connectivity index (χ3n) is 1.52. The van der Waals surface area contributed by atoms with Gasteiger partial charge in [0.2, 0.25) is 0 Å². The summed E-state index contributed by atoms with van der Waals surface area (Å²) in [4.78, 5) is 12.9. The van der Waals surface area contributed by atoms with Gasteiger partial charge in [-0.05, 0) is 28.7 Å². The molecule has 0 amide bonds. The summed E-state index contributed by atoms with van der Waals surface area (Å²) in [6.07, 6.45) is -2.96. The van der Waals surface area contributed by atoms with Crippen LogP contribution < -0.4 is 10.7 Å². The fraction of sp³-hybridized carbons (Fsp3) is 0.167. The van der Waals surface area contributed by atoms with Gasteiger partial charge in [-0.15, -0.1) is 0 Å². The third-order valence-corrected chi connectivity index (χ3v) is 3.25. The SMILES string of the molecule is NS(=O)(=O)c1cc(I)c(C(F)F)c(=O)[nH]1. The fourth-order valence-electron chi connectivity index (χ4n) is 0.873. The Kier molecular flexibility index (Phi) is 3.45. The Morgan fingerprint density at radius 1 is 1.47 bits per heavy atom. The van der Waals surface area contributed by atoms with Crippen molar-refractivity contribution in [2.45, 2.75) is 11.5 Å². The van der Waals surface area contributed by atoms with Crippen molar-refractivity contribution in [2.24, 2.45) is 5.14 Å². The van der Waals surface area contributed by atoms with Gasteiger partial charge in [0, 0.05) is 3.57 Å². The Morgan fingerprint density at radius 2 is 2.00 bits per heavy atom. The van der Waals surface area contributed by atoms with Gasteiger partial charge in [-0.2, -0.15) is 0 Å². The molecule has 0 radical (unpaired) electrons. The third kappa shape index (κ3) is 2.72. The lowest BCUT2D eigenvalue weighted by atomic mass is 10.3. The van der Waals surface area contributed by atoms with E-state index in [-0.39, 0.29) is 3.57 Å². The van der Waals surface area contributed by atoms with Crippen LogP contribution >= 0.6 is 22.6 Å². The number of H-pyrrole nitrogens is 1. The van der Waals surface area contributed by atoms with Crippen LogP contribution in [0.1, 0.15) is 12.0 Å². The van der Waals surface area contributed by atoms with Crippen LogP contribution in [0.25, 0.3) is 0 Å². The molecule has 0 saturated carbocycles. The molecular formula is C6H5F2IN2O3S. The lowest BCUT2D eigenvalue weighted by Gasteiger charge is -2.04. The van der Waals surface area contributed by atoms with E-state index in [1.165, 1.54) is 22.6 Å². The van der Waals surface area contributed by atoms with E-state index in [1.54, 1.807) is 4.98 Å². The molecule has 0 spiro atoms. The predicted molar refractivity (Wildman–Crippen MR) is 56.1 cm³/mol. The molecule has 0 aliphatic heterocycles. The van der Waals surface area contributed by atoms with Crippen molar-refractivity contribution in [1.29, 1.82) is 0 Å². The quantitative estimate of drug-likeness (QED) is 0.764. The summed E-state index contributed by atoms with van der Waals surface area (Å²) in [7, 11) is -4.10. The highest BCUT2D eigenvalue weighted by molar-refractivity contribution is 14.1. The van der Waals surface area contributed by atoms with Crippen molar-refractivity contribution in [3.05, 3.63) is 25.6 Å². The molecule has 1 rings (SSSR count). The normalized spacial score (nSPS) is 12.1. The van der Waals surface area contributed by atoms with E-state index < -0.39 is 32.6 Å². The molecule has 1 aromatic heterocycles. The van der Waals surface area contributed by atoms with Crippen LogP contribution in [-0.2, 0) is 10.0 Å². The van der Waals surface area contributed by atoms with Gasteiger partial charge in [0.15, 0.2) is 5.03 Å². The highest BCUT2D eigenvalue weighted by Gasteiger charge is 2.20. The van der Waals surface area contributed by atoms with Crippen molar-refractivity contribution >= 4 is 32.6 Å². The Bertz CT molecular complexity index is 540. The van der Waals surface area contributed by atoms with Gasteiger partial charge in [-0.25, -0.2) is 22.3 Å². The molecule has 0 bridgehead atoms. The molecular weight excluding hydrogens is 345 g/mol. The number of nitrogens with one attached hydrogen (secondary N) is 1. The van der Waals surface area contributed by atoms with Crippen molar-refractivity contribution in [2.75, 3.05) is 0 Å². The number of nitrogens with two attached hydrogens (primary N) is 1. The van der Waals surface area contributed by atoms with E-state index in [1.807, 2.05) is 0 Å². The van der Waals surface area contributed by atoms with Crippen LogP contribution in [0.5, 0.6) is 0 Å². The number of rotatable bonds is 2. The van der Waals surface area contributed by atoms with Gasteiger partial charge < -0.3 is 4.98 Å². The first kappa shape index (κ1) is 12.5. The number of hydrogen-bond acceptors (Lipinski definition) is 3. The van der Waals surface area contributed by atoms with Gasteiger partial charge >= 0.3 is 0 Å². The molecule has 0 fully saturated rings. The second kappa shape index (κ2) is 4.14. The zero-order chi connectivity index (χ0) is 11.8. The standard InChI is InChI=1S/C6H5F2IN2O3S/c7-5(8)4-2(9)1-3(11-6(4)12)15(10,13)14/h1,5H,(H,11,12)(H2,10,13,14). The number of aromatic nitrogens is 1. The molecule has 0 saturated heterocycles. The molecule has 1 aromatic rings. The van der Waals surface area contributed by atoms with Crippen LogP contribution in [0, 0.1) is 3.57 Å². The first-order valence-electron chi connectivity index (χ1n) is 3.47. The number of sulfonamides is 1. The van der Waals surface area contributed by atoms with E-state index in [9.17, 15) is 22.0 Å². The molecule has 0 aliphatic carbocycles. The summed E-state index contributed by atoms with van der Waals surface area (Å²) in [5, 5.41) is 4.15. The smallest absolute Gasteiger partial charge is 0.270 e. The second-order valence-electron chi connectivity index (χ2n) is 2.57. The van der Waals surface area contributed by atoms with Crippen molar-refractivity contribution in [3.8, 4) is 0 Å². The van der Waals surface area contributed by atoms with Gasteiger partial charge in [0.05, 0.1) is 5.56 Å². The number of primary sulfonamides is 1. The Hall–Kier alpha value is -0.550. The van der Waals surface area contributed by atoms with Crippen molar-refractivity contribution in [3.63, 3.8) is 0 Å². The number of halogens is 3. The van der Waals surface area contributed by atoms with Crippen LogP contribution in [0.4, 0.5) is 8.78 Å². The molecule has 9 heteroatoms. The van der Waals surface area contributed by atoms with E-state index in [0.29, 0.717) is 0 Å². The maximum Gasteiger partial charge on any atom is 0.270 e. The summed E-state index contributed by atoms with van der Waals surface area (Å²) in [5.74, 6) is 0. The molecule has 3 N–H and O–H groups in total. The molecule has 0 aromatic carbocycles. The van der Waals surface area contributed by atoms with Crippen molar-refractivity contribution in [1.82, 2.24) is 4.98 Å². The highest BCUT2D eigenvalue weighted by atomic mass is 127. The molecule has 1 heterocycles. The van der Waals surface area contributed by atoms with Crippen molar-refractivity contribution < 1.29 is 17.2 Å². The largest absolute Gasteiger partial charge is 0.311 e. The Balaban J connectivity index is 3.53. The molecule has 15 heavy (non-hydrogen) atoms. The number of pyridine rings is 1.